The van der Waals surface area contributed by atoms with Crippen molar-refractivity contribution < 1.29 is 14.6 Å². The zero-order valence-corrected chi connectivity index (χ0v) is 17.3. The Morgan fingerprint density at radius 2 is 1.66 bits per heavy atom. The van der Waals surface area contributed by atoms with E-state index in [1.807, 2.05) is 28.9 Å². The number of hydrogen-bond donors (Lipinski definition) is 1. The molecule has 0 spiro atoms. The van der Waals surface area contributed by atoms with Gasteiger partial charge in [-0.1, -0.05) is 29.8 Å². The Morgan fingerprint density at radius 3 is 2.24 bits per heavy atom. The number of nitrogens with zero attached hydrogens (tertiary/aromatic N) is 2. The zero-order chi connectivity index (χ0) is 20.4. The fraction of sp³-hybridized carbons (Fsp3) is 0.375. The molecule has 1 aromatic heterocycles. The monoisotopic (exact) mass is 392 g/mol. The summed E-state index contributed by atoms with van der Waals surface area (Å²) in [5.41, 5.74) is 4.77. The first kappa shape index (κ1) is 19.7. The second kappa shape index (κ2) is 8.01. The summed E-state index contributed by atoms with van der Waals surface area (Å²) in [6, 6.07) is 18.5. The highest BCUT2D eigenvalue weighted by Crippen LogP contribution is 2.41. The fourth-order valence-electron chi connectivity index (χ4n) is 4.09. The minimum atomic E-state index is -0.462. The Balaban J connectivity index is 1.82. The summed E-state index contributed by atoms with van der Waals surface area (Å²) in [4.78, 5) is 0. The van der Waals surface area contributed by atoms with E-state index in [9.17, 15) is 5.11 Å². The van der Waals surface area contributed by atoms with Gasteiger partial charge >= 0.3 is 0 Å². The van der Waals surface area contributed by atoms with Crippen LogP contribution in [-0.2, 0) is 10.3 Å². The van der Waals surface area contributed by atoms with Crippen molar-refractivity contribution in [2.75, 3.05) is 14.2 Å². The molecule has 0 saturated heterocycles. The first-order valence-corrected chi connectivity index (χ1v) is 10.1. The summed E-state index contributed by atoms with van der Waals surface area (Å²) < 4.78 is 13.3. The van der Waals surface area contributed by atoms with Crippen molar-refractivity contribution in [3.8, 4) is 22.7 Å². The number of rotatable bonds is 5. The number of hydrogen-bond acceptors (Lipinski definition) is 4. The molecule has 29 heavy (non-hydrogen) atoms. The minimum absolute atomic E-state index is 0.251. The molecule has 152 valence electrons. The minimum Gasteiger partial charge on any atom is -0.497 e. The highest BCUT2D eigenvalue weighted by Gasteiger charge is 2.39. The molecule has 1 saturated carbocycles. The number of aliphatic hydroxyl groups is 1. The topological polar surface area (TPSA) is 56.5 Å². The van der Waals surface area contributed by atoms with Gasteiger partial charge in [0.2, 0.25) is 0 Å². The Hall–Kier alpha value is -2.63. The molecule has 1 aliphatic rings. The number of ether oxygens (including phenoxy) is 2. The maximum absolute atomic E-state index is 9.98. The van der Waals surface area contributed by atoms with Crippen LogP contribution in [0.1, 0.15) is 36.9 Å². The highest BCUT2D eigenvalue weighted by molar-refractivity contribution is 5.63. The smallest absolute Gasteiger partial charge is 0.119 e. The summed E-state index contributed by atoms with van der Waals surface area (Å²) in [6.07, 6.45) is 2.72. The van der Waals surface area contributed by atoms with Gasteiger partial charge in [-0.2, -0.15) is 5.10 Å². The van der Waals surface area contributed by atoms with Gasteiger partial charge in [-0.25, -0.2) is 4.68 Å². The van der Waals surface area contributed by atoms with E-state index in [-0.39, 0.29) is 6.10 Å². The van der Waals surface area contributed by atoms with Crippen LogP contribution >= 0.6 is 0 Å². The Labute approximate surface area is 171 Å². The molecule has 1 N–H and O–H groups in total. The standard InChI is InChI=1S/C24H28N2O3/c1-17-4-6-18(7-5-17)22-16-23(24(29-3)14-12-20(27)13-15-24)25-26(22)19-8-10-21(28-2)11-9-19/h4-11,16,20,27H,12-15H2,1-3H3. The van der Waals surface area contributed by atoms with Gasteiger partial charge in [-0.05, 0) is 62.9 Å². The van der Waals surface area contributed by atoms with E-state index in [0.29, 0.717) is 0 Å². The number of methoxy groups -OCH3 is 2. The SMILES string of the molecule is COc1ccc(-n2nc(C3(OC)CCC(O)CC3)cc2-c2ccc(C)cc2)cc1. The van der Waals surface area contributed by atoms with E-state index in [0.717, 1.165) is 54.1 Å². The first-order valence-electron chi connectivity index (χ1n) is 10.1. The average molecular weight is 392 g/mol. The van der Waals surface area contributed by atoms with E-state index >= 15 is 0 Å². The van der Waals surface area contributed by atoms with Crippen LogP contribution in [0, 0.1) is 6.92 Å². The average Bonchev–Trinajstić information content (AvgIpc) is 3.21. The summed E-state index contributed by atoms with van der Waals surface area (Å²) >= 11 is 0. The van der Waals surface area contributed by atoms with Crippen molar-refractivity contribution in [2.45, 2.75) is 44.3 Å². The van der Waals surface area contributed by atoms with Crippen LogP contribution in [0.2, 0.25) is 0 Å². The van der Waals surface area contributed by atoms with Crippen LogP contribution < -0.4 is 4.74 Å². The second-order valence-electron chi connectivity index (χ2n) is 7.82. The van der Waals surface area contributed by atoms with Crippen LogP contribution in [0.5, 0.6) is 5.75 Å². The predicted molar refractivity (Wildman–Crippen MR) is 113 cm³/mol. The quantitative estimate of drug-likeness (QED) is 0.688. The van der Waals surface area contributed by atoms with E-state index < -0.39 is 5.60 Å². The molecule has 4 rings (SSSR count). The number of aliphatic hydroxyl groups excluding tert-OH is 1. The normalized spacial score (nSPS) is 21.9. The van der Waals surface area contributed by atoms with Gasteiger partial charge in [-0.15, -0.1) is 0 Å². The number of aromatic nitrogens is 2. The molecule has 0 amide bonds. The summed E-state index contributed by atoms with van der Waals surface area (Å²) in [6.45, 7) is 2.09. The third-order valence-electron chi connectivity index (χ3n) is 5.99. The van der Waals surface area contributed by atoms with Crippen LogP contribution in [0.4, 0.5) is 0 Å². The van der Waals surface area contributed by atoms with E-state index in [1.165, 1.54) is 5.56 Å². The van der Waals surface area contributed by atoms with Gasteiger partial charge in [0, 0.05) is 12.7 Å². The van der Waals surface area contributed by atoms with Gasteiger partial charge < -0.3 is 14.6 Å². The highest BCUT2D eigenvalue weighted by atomic mass is 16.5. The molecule has 5 heteroatoms. The molecule has 2 aromatic carbocycles. The van der Waals surface area contributed by atoms with Crippen molar-refractivity contribution >= 4 is 0 Å². The van der Waals surface area contributed by atoms with Gasteiger partial charge in [0.05, 0.1) is 30.3 Å². The van der Waals surface area contributed by atoms with E-state index in [1.54, 1.807) is 14.2 Å². The largest absolute Gasteiger partial charge is 0.497 e. The Kier molecular flexibility index (Phi) is 5.43. The Morgan fingerprint density at radius 1 is 1.00 bits per heavy atom. The maximum atomic E-state index is 9.98. The van der Waals surface area contributed by atoms with Crippen molar-refractivity contribution in [1.29, 1.82) is 0 Å². The van der Waals surface area contributed by atoms with Crippen LogP contribution in [-0.4, -0.2) is 35.2 Å². The third-order valence-corrected chi connectivity index (χ3v) is 5.99. The second-order valence-corrected chi connectivity index (χ2v) is 7.82. The summed E-state index contributed by atoms with van der Waals surface area (Å²) in [5, 5.41) is 15.0. The molecule has 0 radical (unpaired) electrons. The lowest BCUT2D eigenvalue weighted by atomic mass is 9.80. The molecule has 5 nitrogen and oxygen atoms in total. The van der Waals surface area contributed by atoms with Gasteiger partial charge in [0.15, 0.2) is 0 Å². The lowest BCUT2D eigenvalue weighted by Gasteiger charge is -2.36. The van der Waals surface area contributed by atoms with Gasteiger partial charge in [0.25, 0.3) is 0 Å². The molecule has 1 fully saturated rings. The molecule has 0 atom stereocenters. The first-order chi connectivity index (χ1) is 14.0. The van der Waals surface area contributed by atoms with Gasteiger partial charge in [-0.3, -0.25) is 0 Å². The Bertz CT molecular complexity index is 953. The summed E-state index contributed by atoms with van der Waals surface area (Å²) in [5.74, 6) is 0.813. The summed E-state index contributed by atoms with van der Waals surface area (Å²) in [7, 11) is 3.41. The van der Waals surface area contributed by atoms with Crippen molar-refractivity contribution in [3.05, 3.63) is 65.9 Å². The molecular weight excluding hydrogens is 364 g/mol. The van der Waals surface area contributed by atoms with E-state index in [2.05, 4.69) is 37.3 Å². The lowest BCUT2D eigenvalue weighted by molar-refractivity contribution is -0.0719. The predicted octanol–water partition coefficient (Wildman–Crippen LogP) is 4.63. The van der Waals surface area contributed by atoms with Crippen molar-refractivity contribution in [3.63, 3.8) is 0 Å². The lowest BCUT2D eigenvalue weighted by Crippen LogP contribution is -2.35. The van der Waals surface area contributed by atoms with Crippen LogP contribution in [0.25, 0.3) is 16.9 Å². The van der Waals surface area contributed by atoms with Gasteiger partial charge in [0.1, 0.15) is 11.4 Å². The number of benzene rings is 2. The zero-order valence-electron chi connectivity index (χ0n) is 17.3. The van der Waals surface area contributed by atoms with Crippen LogP contribution in [0.3, 0.4) is 0 Å². The molecule has 3 aromatic rings. The fourth-order valence-corrected chi connectivity index (χ4v) is 4.09. The van der Waals surface area contributed by atoms with E-state index in [4.69, 9.17) is 14.6 Å². The molecule has 1 aliphatic carbocycles. The van der Waals surface area contributed by atoms with Crippen molar-refractivity contribution in [2.24, 2.45) is 0 Å². The molecule has 0 bridgehead atoms. The number of aryl methyl sites for hydroxylation is 1. The maximum Gasteiger partial charge on any atom is 0.119 e. The molecule has 0 unspecified atom stereocenters. The molecular formula is C24H28N2O3. The molecule has 1 heterocycles. The third kappa shape index (κ3) is 3.80. The van der Waals surface area contributed by atoms with Crippen molar-refractivity contribution in [1.82, 2.24) is 9.78 Å². The molecule has 0 aliphatic heterocycles. The van der Waals surface area contributed by atoms with Crippen LogP contribution in [0.15, 0.2) is 54.6 Å².